The Balaban J connectivity index is 4.21. The van der Waals surface area contributed by atoms with E-state index in [0.29, 0.717) is 17.4 Å². The molecule has 3 unspecified atom stereocenters. The van der Waals surface area contributed by atoms with Gasteiger partial charge in [-0.15, -0.1) is 0 Å². The number of aliphatic hydroxyl groups is 1. The molecule has 0 aliphatic heterocycles. The average molecular weight is 1010 g/mol. The molecule has 0 aliphatic rings. The molecule has 71 heavy (non-hydrogen) atoms. The van der Waals surface area contributed by atoms with Crippen LogP contribution in [-0.2, 0) is 18.4 Å². The fraction of sp³-hybridized carbons (Fsp3) is 0.726. The molecule has 0 aromatic heterocycles. The van der Waals surface area contributed by atoms with Gasteiger partial charge >= 0.3 is 7.82 Å². The van der Waals surface area contributed by atoms with Gasteiger partial charge in [0.1, 0.15) is 13.2 Å². The summed E-state index contributed by atoms with van der Waals surface area (Å²) in [4.78, 5) is 23.3. The number of nitrogens with zero attached hydrogens (tertiary/aromatic N) is 1. The first-order valence-corrected chi connectivity index (χ1v) is 30.6. The molecule has 410 valence electrons. The molecule has 0 heterocycles. The lowest BCUT2D eigenvalue weighted by Gasteiger charge is -2.25. The van der Waals surface area contributed by atoms with E-state index in [1.165, 1.54) is 141 Å². The third kappa shape index (κ3) is 55.0. The molecule has 3 N–H and O–H groups in total. The minimum Gasteiger partial charge on any atom is -0.387 e. The lowest BCUT2D eigenvalue weighted by Crippen LogP contribution is -2.45. The molecule has 0 rings (SSSR count). The van der Waals surface area contributed by atoms with Crippen LogP contribution in [0.15, 0.2) is 97.2 Å². The molecule has 9 heteroatoms. The predicted octanol–water partition coefficient (Wildman–Crippen LogP) is 17.8. The summed E-state index contributed by atoms with van der Waals surface area (Å²) in [5.74, 6) is -0.192. The van der Waals surface area contributed by atoms with Crippen molar-refractivity contribution in [2.45, 2.75) is 251 Å². The first-order valence-electron chi connectivity index (χ1n) is 29.1. The zero-order valence-electron chi connectivity index (χ0n) is 46.7. The zero-order chi connectivity index (χ0) is 52.0. The molecule has 8 nitrogen and oxygen atoms in total. The highest BCUT2D eigenvalue weighted by atomic mass is 31.2. The van der Waals surface area contributed by atoms with Crippen molar-refractivity contribution < 1.29 is 32.9 Å². The number of allylic oxidation sites excluding steroid dienone is 15. The molecular formula is C62H112N2O6P+. The van der Waals surface area contributed by atoms with Crippen LogP contribution >= 0.6 is 7.82 Å². The standard InChI is InChI=1S/C62H111N2O6P/c1-6-8-10-12-14-16-18-20-22-24-26-27-28-29-30-31-32-33-34-35-36-37-38-40-42-44-46-48-50-52-54-56-62(66)63-60(59-70-71(67,68)69-58-57-64(3,4)5)61(65)55-53-51-49-47-45-43-41-39-25-23-21-19-17-15-13-11-9-7-2/h8,10,14,16,20,22,26-27,29-30,32-33,45,47,53,55,60-61,65H,6-7,9,11-13,15,17-19,21,23-25,28,31,34-44,46,48-52,54,56-59H2,1-5H3,(H-,63,66,67,68)/p+1/b10-8-,16-14-,22-20-,27-26-,30-29-,33-32-,47-45+,55-53+. The zero-order valence-corrected chi connectivity index (χ0v) is 47.6. The third-order valence-corrected chi connectivity index (χ3v) is 13.5. The second-order valence-electron chi connectivity index (χ2n) is 20.6. The maximum Gasteiger partial charge on any atom is 0.472 e. The van der Waals surface area contributed by atoms with Gasteiger partial charge in [-0.2, -0.15) is 0 Å². The summed E-state index contributed by atoms with van der Waals surface area (Å²) >= 11 is 0. The number of carbonyl (C=O) groups is 1. The van der Waals surface area contributed by atoms with Crippen LogP contribution in [0, 0.1) is 0 Å². The Morgan fingerprint density at radius 2 is 0.859 bits per heavy atom. The van der Waals surface area contributed by atoms with Crippen LogP contribution in [0.5, 0.6) is 0 Å². The Morgan fingerprint density at radius 3 is 1.30 bits per heavy atom. The van der Waals surface area contributed by atoms with Crippen molar-refractivity contribution in [1.82, 2.24) is 5.32 Å². The van der Waals surface area contributed by atoms with Crippen LogP contribution < -0.4 is 5.32 Å². The SMILES string of the molecule is CC/C=C\C/C=C\C/C=C\C/C=C\C/C=C\C/C=C\CCCCCCCCCCCCCCC(=O)NC(COP(=O)(O)OCC[N+](C)(C)C)C(O)/C=C/CC/C=C/CCCCCCCCCCCCCC. The summed E-state index contributed by atoms with van der Waals surface area (Å²) in [6, 6.07) is -0.870. The number of quaternary nitrogens is 1. The van der Waals surface area contributed by atoms with Crippen molar-refractivity contribution in [3.8, 4) is 0 Å². The van der Waals surface area contributed by atoms with Gasteiger partial charge in [0.15, 0.2) is 0 Å². The molecule has 0 aromatic rings. The van der Waals surface area contributed by atoms with Gasteiger partial charge in [0.2, 0.25) is 5.91 Å². The number of hydrogen-bond acceptors (Lipinski definition) is 5. The van der Waals surface area contributed by atoms with E-state index in [9.17, 15) is 19.4 Å². The third-order valence-electron chi connectivity index (χ3n) is 12.5. The number of nitrogens with one attached hydrogen (secondary N) is 1. The Morgan fingerprint density at radius 1 is 0.493 bits per heavy atom. The molecule has 0 saturated heterocycles. The van der Waals surface area contributed by atoms with Crippen LogP contribution in [0.3, 0.4) is 0 Å². The number of rotatable bonds is 52. The average Bonchev–Trinajstić information content (AvgIpc) is 3.33. The number of likely N-dealkylation sites (N-methyl/N-ethyl adjacent to an activating group) is 1. The maximum absolute atomic E-state index is 13.0. The van der Waals surface area contributed by atoms with Gasteiger partial charge in [0.25, 0.3) is 0 Å². The van der Waals surface area contributed by atoms with Crippen LogP contribution in [0.4, 0.5) is 0 Å². The Labute approximate surface area is 439 Å². The second-order valence-corrected chi connectivity index (χ2v) is 22.1. The summed E-state index contributed by atoms with van der Waals surface area (Å²) < 4.78 is 23.7. The number of carbonyl (C=O) groups excluding carboxylic acids is 1. The highest BCUT2D eigenvalue weighted by Gasteiger charge is 2.27. The number of hydrogen-bond donors (Lipinski definition) is 3. The van der Waals surface area contributed by atoms with Crippen molar-refractivity contribution in [1.29, 1.82) is 0 Å². The first kappa shape index (κ1) is 68.4. The van der Waals surface area contributed by atoms with Crippen molar-refractivity contribution in [3.63, 3.8) is 0 Å². The molecule has 0 fully saturated rings. The van der Waals surface area contributed by atoms with Crippen LogP contribution in [0.25, 0.3) is 0 Å². The van der Waals surface area contributed by atoms with Gasteiger partial charge in [-0.05, 0) is 83.5 Å². The van der Waals surface area contributed by atoms with E-state index in [0.717, 1.165) is 77.0 Å². The van der Waals surface area contributed by atoms with E-state index in [4.69, 9.17) is 9.05 Å². The quantitative estimate of drug-likeness (QED) is 0.0243. The Kier molecular flexibility index (Phi) is 50.4. The smallest absolute Gasteiger partial charge is 0.387 e. The van der Waals surface area contributed by atoms with E-state index in [1.54, 1.807) is 6.08 Å². The molecule has 0 aliphatic carbocycles. The van der Waals surface area contributed by atoms with E-state index >= 15 is 0 Å². The first-order chi connectivity index (χ1) is 34.5. The molecule has 0 saturated carbocycles. The summed E-state index contributed by atoms with van der Waals surface area (Å²) in [5, 5.41) is 13.9. The van der Waals surface area contributed by atoms with Gasteiger partial charge in [0, 0.05) is 6.42 Å². The summed E-state index contributed by atoms with van der Waals surface area (Å²) in [5.41, 5.74) is 0. The van der Waals surface area contributed by atoms with Gasteiger partial charge < -0.3 is 19.8 Å². The van der Waals surface area contributed by atoms with Crippen LogP contribution in [0.2, 0.25) is 0 Å². The number of unbranched alkanes of at least 4 members (excludes halogenated alkanes) is 25. The van der Waals surface area contributed by atoms with Crippen LogP contribution in [-0.4, -0.2) is 73.4 Å². The Bertz CT molecular complexity index is 1470. The minimum atomic E-state index is -4.36. The molecule has 0 spiro atoms. The fourth-order valence-electron chi connectivity index (χ4n) is 8.00. The number of aliphatic hydroxyl groups excluding tert-OH is 1. The highest BCUT2D eigenvalue weighted by molar-refractivity contribution is 7.47. The normalized spacial score (nSPS) is 14.6. The largest absolute Gasteiger partial charge is 0.472 e. The van der Waals surface area contributed by atoms with Crippen molar-refractivity contribution in [2.24, 2.45) is 0 Å². The lowest BCUT2D eigenvalue weighted by atomic mass is 10.0. The molecular weight excluding hydrogens is 900 g/mol. The van der Waals surface area contributed by atoms with Crippen LogP contribution in [0.1, 0.15) is 239 Å². The topological polar surface area (TPSA) is 105 Å². The van der Waals surface area contributed by atoms with E-state index in [2.05, 4.69) is 104 Å². The predicted molar refractivity (Wildman–Crippen MR) is 309 cm³/mol. The maximum atomic E-state index is 13.0. The lowest BCUT2D eigenvalue weighted by molar-refractivity contribution is -0.870. The van der Waals surface area contributed by atoms with Gasteiger partial charge in [-0.25, -0.2) is 4.57 Å². The number of phosphoric acid groups is 1. The van der Waals surface area contributed by atoms with Gasteiger partial charge in [0.05, 0.1) is 39.9 Å². The van der Waals surface area contributed by atoms with Crippen molar-refractivity contribution in [3.05, 3.63) is 97.2 Å². The summed E-state index contributed by atoms with van der Waals surface area (Å²) in [7, 11) is 1.55. The fourth-order valence-corrected chi connectivity index (χ4v) is 8.74. The molecule has 0 bridgehead atoms. The highest BCUT2D eigenvalue weighted by Crippen LogP contribution is 2.43. The molecule has 1 amide bonds. The van der Waals surface area contributed by atoms with Gasteiger partial charge in [-0.3, -0.25) is 13.8 Å². The summed E-state index contributed by atoms with van der Waals surface area (Å²) in [6.45, 7) is 4.68. The summed E-state index contributed by atoms with van der Waals surface area (Å²) in [6.07, 6.45) is 75.1. The molecule has 0 aromatic carbocycles. The second kappa shape index (κ2) is 52.3. The monoisotopic (exact) mass is 1010 g/mol. The van der Waals surface area contributed by atoms with Gasteiger partial charge in [-0.1, -0.05) is 246 Å². The van der Waals surface area contributed by atoms with E-state index in [1.807, 2.05) is 27.2 Å². The Hall–Kier alpha value is -2.58. The van der Waals surface area contributed by atoms with Crippen molar-refractivity contribution in [2.75, 3.05) is 40.9 Å². The van der Waals surface area contributed by atoms with E-state index < -0.39 is 20.0 Å². The number of phosphoric ester groups is 1. The van der Waals surface area contributed by atoms with Crippen molar-refractivity contribution >= 4 is 13.7 Å². The minimum absolute atomic E-state index is 0.0520. The number of amides is 1. The van der Waals surface area contributed by atoms with E-state index in [-0.39, 0.29) is 19.1 Å². The molecule has 3 atom stereocenters. The molecule has 0 radical (unpaired) electrons.